The van der Waals surface area contributed by atoms with Crippen LogP contribution in [0.5, 0.6) is 0 Å². The molecule has 0 saturated carbocycles. The maximum Gasteiger partial charge on any atom is 0.0763 e. The van der Waals surface area contributed by atoms with E-state index in [1.807, 2.05) is 0 Å². The Hall–Kier alpha value is 0.360. The number of alkyl halides is 1. The predicted octanol–water partition coefficient (Wildman–Crippen LogP) is 0.911. The van der Waals surface area contributed by atoms with Gasteiger partial charge in [-0.3, -0.25) is 9.80 Å². The first-order chi connectivity index (χ1) is 7.20. The Morgan fingerprint density at radius 3 is 2.80 bits per heavy atom. The number of β-amino-alcohol motifs (C(OH)–C–C–N with tert-alkyl or cyclic N) is 1. The number of aliphatic hydroxyl groups is 1. The van der Waals surface area contributed by atoms with Gasteiger partial charge in [-0.05, 0) is 32.9 Å². The Balaban J connectivity index is 1.89. The summed E-state index contributed by atoms with van der Waals surface area (Å²) in [6, 6.07) is 1.51. The van der Waals surface area contributed by atoms with Gasteiger partial charge in [-0.15, -0.1) is 0 Å². The first-order valence-electron chi connectivity index (χ1n) is 5.89. The largest absolute Gasteiger partial charge is 0.391 e. The van der Waals surface area contributed by atoms with Gasteiger partial charge in [0, 0.05) is 30.5 Å². The molecule has 15 heavy (non-hydrogen) atoms. The summed E-state index contributed by atoms with van der Waals surface area (Å²) < 4.78 is 0. The molecular formula is C11H21BrN2O. The van der Waals surface area contributed by atoms with Crippen LogP contribution in [-0.2, 0) is 0 Å². The number of likely N-dealkylation sites (N-methyl/N-ethyl adjacent to an activating group) is 1. The van der Waals surface area contributed by atoms with Crippen LogP contribution in [0.2, 0.25) is 0 Å². The van der Waals surface area contributed by atoms with Crippen molar-refractivity contribution in [2.45, 2.75) is 37.5 Å². The highest BCUT2D eigenvalue weighted by atomic mass is 79.9. The van der Waals surface area contributed by atoms with Crippen LogP contribution in [0, 0.1) is 0 Å². The van der Waals surface area contributed by atoms with Gasteiger partial charge in [0.25, 0.3) is 0 Å². The van der Waals surface area contributed by atoms with Gasteiger partial charge in [-0.25, -0.2) is 0 Å². The summed E-state index contributed by atoms with van der Waals surface area (Å²) in [7, 11) is 2.26. The molecule has 0 radical (unpaired) electrons. The Labute approximate surface area is 101 Å². The van der Waals surface area contributed by atoms with Crippen molar-refractivity contribution in [1.82, 2.24) is 9.80 Å². The lowest BCUT2D eigenvalue weighted by Gasteiger charge is -2.26. The summed E-state index contributed by atoms with van der Waals surface area (Å²) >= 11 is 3.33. The molecule has 0 amide bonds. The quantitative estimate of drug-likeness (QED) is 0.777. The minimum Gasteiger partial charge on any atom is -0.391 e. The zero-order chi connectivity index (χ0) is 10.8. The summed E-state index contributed by atoms with van der Waals surface area (Å²) in [5, 5.41) is 10.3. The topological polar surface area (TPSA) is 26.7 Å². The van der Waals surface area contributed by atoms with E-state index >= 15 is 0 Å². The second-order valence-electron chi connectivity index (χ2n) is 4.91. The van der Waals surface area contributed by atoms with Gasteiger partial charge in [-0.1, -0.05) is 15.9 Å². The molecule has 2 aliphatic heterocycles. The monoisotopic (exact) mass is 276 g/mol. The molecule has 3 nitrogen and oxygen atoms in total. The number of aliphatic hydroxyl groups excluding tert-OH is 1. The number of hydrogen-bond acceptors (Lipinski definition) is 3. The molecule has 2 heterocycles. The molecule has 0 aromatic heterocycles. The van der Waals surface area contributed by atoms with E-state index in [0.717, 1.165) is 31.7 Å². The summed E-state index contributed by atoms with van der Waals surface area (Å²) in [6.45, 7) is 3.11. The molecule has 2 aliphatic rings. The van der Waals surface area contributed by atoms with Crippen molar-refractivity contribution in [3.8, 4) is 0 Å². The van der Waals surface area contributed by atoms with Gasteiger partial charge < -0.3 is 5.11 Å². The van der Waals surface area contributed by atoms with E-state index in [1.54, 1.807) is 0 Å². The molecular weight excluding hydrogens is 256 g/mol. The molecule has 3 atom stereocenters. The summed E-state index contributed by atoms with van der Waals surface area (Å²) in [4.78, 5) is 4.97. The summed E-state index contributed by atoms with van der Waals surface area (Å²) in [5.74, 6) is 0. The van der Waals surface area contributed by atoms with E-state index in [-0.39, 0.29) is 6.10 Å². The number of likely N-dealkylation sites (tertiary alicyclic amines) is 1. The van der Waals surface area contributed by atoms with Crippen molar-refractivity contribution in [2.75, 3.05) is 32.0 Å². The number of halogens is 1. The Kier molecular flexibility index (Phi) is 4.04. The summed E-state index contributed by atoms with van der Waals surface area (Å²) in [5.41, 5.74) is 0. The standard InChI is InChI=1S/C11H21BrN2O/c1-13-9-2-3-10(13)7-14(5-4-9)8-11(15)6-12/h9-11,15H,2-8H2,1H3. The lowest BCUT2D eigenvalue weighted by atomic mass is 10.1. The summed E-state index contributed by atoms with van der Waals surface area (Å²) in [6.07, 6.45) is 3.76. The van der Waals surface area contributed by atoms with E-state index < -0.39 is 0 Å². The van der Waals surface area contributed by atoms with Crippen LogP contribution >= 0.6 is 15.9 Å². The van der Waals surface area contributed by atoms with Crippen molar-refractivity contribution in [2.24, 2.45) is 0 Å². The Morgan fingerprint density at radius 2 is 2.07 bits per heavy atom. The Bertz CT molecular complexity index is 215. The maximum atomic E-state index is 9.64. The molecule has 2 fully saturated rings. The van der Waals surface area contributed by atoms with E-state index in [2.05, 4.69) is 32.8 Å². The third-order valence-electron chi connectivity index (χ3n) is 3.88. The molecule has 2 bridgehead atoms. The normalized spacial score (nSPS) is 35.4. The van der Waals surface area contributed by atoms with Crippen LogP contribution in [0.25, 0.3) is 0 Å². The van der Waals surface area contributed by atoms with Crippen LogP contribution in [0.4, 0.5) is 0 Å². The molecule has 0 aromatic carbocycles. The molecule has 0 spiro atoms. The molecule has 0 aliphatic carbocycles. The number of fused-ring (bicyclic) bond motifs is 2. The van der Waals surface area contributed by atoms with E-state index in [0.29, 0.717) is 5.33 Å². The fourth-order valence-electron chi connectivity index (χ4n) is 2.89. The van der Waals surface area contributed by atoms with E-state index in [4.69, 9.17) is 0 Å². The average Bonchev–Trinajstić information content (AvgIpc) is 2.46. The minimum atomic E-state index is -0.216. The van der Waals surface area contributed by atoms with Crippen molar-refractivity contribution in [1.29, 1.82) is 0 Å². The number of rotatable bonds is 3. The van der Waals surface area contributed by atoms with Crippen molar-refractivity contribution >= 4 is 15.9 Å². The SMILES string of the molecule is CN1C2CCC1CN(CC(O)CBr)CC2. The fourth-order valence-corrected chi connectivity index (χ4v) is 3.10. The average molecular weight is 277 g/mol. The predicted molar refractivity (Wildman–Crippen MR) is 65.4 cm³/mol. The molecule has 3 unspecified atom stereocenters. The molecule has 4 heteroatoms. The van der Waals surface area contributed by atoms with Gasteiger partial charge in [0.05, 0.1) is 6.10 Å². The molecule has 2 saturated heterocycles. The van der Waals surface area contributed by atoms with Crippen LogP contribution in [0.1, 0.15) is 19.3 Å². The second-order valence-corrected chi connectivity index (χ2v) is 5.55. The van der Waals surface area contributed by atoms with Gasteiger partial charge in [-0.2, -0.15) is 0 Å². The van der Waals surface area contributed by atoms with E-state index in [9.17, 15) is 5.11 Å². The molecule has 0 aromatic rings. The third kappa shape index (κ3) is 2.73. The number of hydrogen-bond donors (Lipinski definition) is 1. The lowest BCUT2D eigenvalue weighted by Crippen LogP contribution is -2.40. The van der Waals surface area contributed by atoms with Crippen LogP contribution < -0.4 is 0 Å². The smallest absolute Gasteiger partial charge is 0.0763 e. The minimum absolute atomic E-state index is 0.216. The number of nitrogens with zero attached hydrogens (tertiary/aromatic N) is 2. The van der Waals surface area contributed by atoms with Gasteiger partial charge in [0.1, 0.15) is 0 Å². The molecule has 1 N–H and O–H groups in total. The van der Waals surface area contributed by atoms with Gasteiger partial charge in [0.2, 0.25) is 0 Å². The highest BCUT2D eigenvalue weighted by Crippen LogP contribution is 2.28. The lowest BCUT2D eigenvalue weighted by molar-refractivity contribution is 0.123. The van der Waals surface area contributed by atoms with Crippen molar-refractivity contribution in [3.05, 3.63) is 0 Å². The fraction of sp³-hybridized carbons (Fsp3) is 1.00. The van der Waals surface area contributed by atoms with Gasteiger partial charge in [0.15, 0.2) is 0 Å². The van der Waals surface area contributed by atoms with Crippen molar-refractivity contribution < 1.29 is 5.11 Å². The molecule has 2 rings (SSSR count). The Morgan fingerprint density at radius 1 is 1.33 bits per heavy atom. The van der Waals surface area contributed by atoms with Crippen LogP contribution in [-0.4, -0.2) is 65.1 Å². The van der Waals surface area contributed by atoms with Crippen LogP contribution in [0.3, 0.4) is 0 Å². The maximum absolute atomic E-state index is 9.64. The zero-order valence-electron chi connectivity index (χ0n) is 9.40. The zero-order valence-corrected chi connectivity index (χ0v) is 11.0. The van der Waals surface area contributed by atoms with Crippen LogP contribution in [0.15, 0.2) is 0 Å². The highest BCUT2D eigenvalue weighted by Gasteiger charge is 2.34. The van der Waals surface area contributed by atoms with Gasteiger partial charge >= 0.3 is 0 Å². The first-order valence-corrected chi connectivity index (χ1v) is 7.01. The highest BCUT2D eigenvalue weighted by molar-refractivity contribution is 9.09. The second kappa shape index (κ2) is 5.13. The van der Waals surface area contributed by atoms with Crippen molar-refractivity contribution in [3.63, 3.8) is 0 Å². The first kappa shape index (κ1) is 11.8. The third-order valence-corrected chi connectivity index (χ3v) is 4.63. The molecule has 88 valence electrons. The van der Waals surface area contributed by atoms with E-state index in [1.165, 1.54) is 19.3 Å².